The molecule has 7 heteroatoms. The molecule has 0 unspecified atom stereocenters. The molecule has 32 heavy (non-hydrogen) atoms. The van der Waals surface area contributed by atoms with Crippen LogP contribution in [0.1, 0.15) is 67.4 Å². The van der Waals surface area contributed by atoms with Crippen molar-refractivity contribution in [3.05, 3.63) is 45.8 Å². The van der Waals surface area contributed by atoms with E-state index in [4.69, 9.17) is 17.0 Å². The van der Waals surface area contributed by atoms with Crippen molar-refractivity contribution < 1.29 is 9.53 Å². The molecule has 0 spiro atoms. The van der Waals surface area contributed by atoms with E-state index in [9.17, 15) is 10.1 Å². The number of anilines is 1. The molecule has 1 aliphatic rings. The number of nitriles is 1. The highest BCUT2D eigenvalue weighted by atomic mass is 32.1. The van der Waals surface area contributed by atoms with Crippen molar-refractivity contribution in [2.75, 3.05) is 11.9 Å². The van der Waals surface area contributed by atoms with Gasteiger partial charge in [0.2, 0.25) is 0 Å². The standard InChI is InChI=1S/C25H31N3O2S2/c1-15(2)14-30-18-9-6-16(7-10-18)22(29)27-24(31)28-23-20(13-26)19-11-8-17(25(3,4)5)12-21(19)32-23/h6-7,9-10,15,17H,8,11-12,14H2,1-5H3,(H2,27,28,29,31)/t17-/m1/s1. The Morgan fingerprint density at radius 2 is 2.00 bits per heavy atom. The highest BCUT2D eigenvalue weighted by Crippen LogP contribution is 2.43. The van der Waals surface area contributed by atoms with E-state index in [1.807, 2.05) is 0 Å². The van der Waals surface area contributed by atoms with E-state index >= 15 is 0 Å². The lowest BCUT2D eigenvalue weighted by atomic mass is 9.72. The Balaban J connectivity index is 1.64. The number of thiophene rings is 1. The molecule has 0 bridgehead atoms. The first-order valence-electron chi connectivity index (χ1n) is 11.0. The lowest BCUT2D eigenvalue weighted by molar-refractivity contribution is 0.0977. The lowest BCUT2D eigenvalue weighted by Gasteiger charge is -2.33. The SMILES string of the molecule is CC(C)COc1ccc(C(=O)NC(=S)Nc2sc3c(c2C#N)CC[C@@H](C(C)(C)C)C3)cc1. The second-order valence-electron chi connectivity index (χ2n) is 9.76. The molecule has 2 aromatic rings. The van der Waals surface area contributed by atoms with E-state index in [1.54, 1.807) is 35.6 Å². The zero-order chi connectivity index (χ0) is 23.5. The summed E-state index contributed by atoms with van der Waals surface area (Å²) in [5, 5.41) is 16.5. The van der Waals surface area contributed by atoms with E-state index in [-0.39, 0.29) is 16.4 Å². The van der Waals surface area contributed by atoms with Crippen LogP contribution in [0.15, 0.2) is 24.3 Å². The van der Waals surface area contributed by atoms with Crippen molar-refractivity contribution in [2.45, 2.75) is 53.9 Å². The van der Waals surface area contributed by atoms with Crippen molar-refractivity contribution >= 4 is 39.6 Å². The lowest BCUT2D eigenvalue weighted by Crippen LogP contribution is -2.34. The monoisotopic (exact) mass is 469 g/mol. The number of benzene rings is 1. The number of thiocarbonyl (C=S) groups is 1. The number of nitrogens with one attached hydrogen (secondary N) is 2. The summed E-state index contributed by atoms with van der Waals surface area (Å²) in [7, 11) is 0. The van der Waals surface area contributed by atoms with E-state index in [1.165, 1.54) is 4.88 Å². The Morgan fingerprint density at radius 1 is 1.31 bits per heavy atom. The molecule has 1 atom stereocenters. The Kier molecular flexibility index (Phi) is 7.58. The summed E-state index contributed by atoms with van der Waals surface area (Å²) in [4.78, 5) is 13.8. The number of amides is 1. The van der Waals surface area contributed by atoms with Gasteiger partial charge in [0.25, 0.3) is 5.91 Å². The summed E-state index contributed by atoms with van der Waals surface area (Å²) >= 11 is 6.95. The predicted octanol–water partition coefficient (Wildman–Crippen LogP) is 5.93. The number of hydrogen-bond donors (Lipinski definition) is 2. The first kappa shape index (κ1) is 24.2. The number of rotatable bonds is 5. The minimum Gasteiger partial charge on any atom is -0.493 e. The summed E-state index contributed by atoms with van der Waals surface area (Å²) in [5.74, 6) is 1.45. The zero-order valence-corrected chi connectivity index (χ0v) is 21.0. The molecule has 0 aliphatic heterocycles. The number of carbonyl (C=O) groups is 1. The summed E-state index contributed by atoms with van der Waals surface area (Å²) < 4.78 is 5.66. The van der Waals surface area contributed by atoms with Crippen molar-refractivity contribution in [2.24, 2.45) is 17.3 Å². The van der Waals surface area contributed by atoms with Gasteiger partial charge < -0.3 is 10.1 Å². The molecule has 0 saturated heterocycles. The van der Waals surface area contributed by atoms with Crippen LogP contribution in [0.5, 0.6) is 5.75 Å². The molecule has 1 aromatic carbocycles. The molecule has 1 heterocycles. The van der Waals surface area contributed by atoms with Crippen LogP contribution >= 0.6 is 23.6 Å². The maximum atomic E-state index is 12.6. The predicted molar refractivity (Wildman–Crippen MR) is 134 cm³/mol. The topological polar surface area (TPSA) is 74.2 Å². The van der Waals surface area contributed by atoms with Gasteiger partial charge in [-0.1, -0.05) is 34.6 Å². The Bertz CT molecular complexity index is 1030. The largest absolute Gasteiger partial charge is 0.493 e. The summed E-state index contributed by atoms with van der Waals surface area (Å²) in [6, 6.07) is 9.32. The van der Waals surface area contributed by atoms with E-state index in [2.05, 4.69) is 51.3 Å². The number of ether oxygens (including phenoxy) is 1. The molecule has 2 N–H and O–H groups in total. The summed E-state index contributed by atoms with van der Waals surface area (Å²) in [5.41, 5.74) is 2.51. The van der Waals surface area contributed by atoms with Gasteiger partial charge in [-0.05, 0) is 78.6 Å². The van der Waals surface area contributed by atoms with Crippen LogP contribution in [-0.2, 0) is 12.8 Å². The average molecular weight is 470 g/mol. The minimum absolute atomic E-state index is 0.192. The molecule has 1 aliphatic carbocycles. The fourth-order valence-electron chi connectivity index (χ4n) is 3.81. The van der Waals surface area contributed by atoms with Crippen LogP contribution in [0.4, 0.5) is 5.00 Å². The fourth-order valence-corrected chi connectivity index (χ4v) is 5.35. The maximum absolute atomic E-state index is 12.6. The van der Waals surface area contributed by atoms with Crippen molar-refractivity contribution in [3.8, 4) is 11.8 Å². The van der Waals surface area contributed by atoms with Gasteiger partial charge in [0.05, 0.1) is 12.2 Å². The van der Waals surface area contributed by atoms with Crippen LogP contribution in [0.25, 0.3) is 0 Å². The van der Waals surface area contributed by atoms with Crippen LogP contribution in [-0.4, -0.2) is 17.6 Å². The van der Waals surface area contributed by atoms with Gasteiger partial charge in [0.1, 0.15) is 16.8 Å². The van der Waals surface area contributed by atoms with Crippen LogP contribution < -0.4 is 15.4 Å². The third kappa shape index (κ3) is 5.87. The van der Waals surface area contributed by atoms with Crippen LogP contribution in [0.3, 0.4) is 0 Å². The Hall–Kier alpha value is -2.43. The second kappa shape index (κ2) is 10.0. The van der Waals surface area contributed by atoms with Crippen LogP contribution in [0, 0.1) is 28.6 Å². The van der Waals surface area contributed by atoms with Gasteiger partial charge >= 0.3 is 0 Å². The summed E-state index contributed by atoms with van der Waals surface area (Å²) in [6.45, 7) is 11.6. The maximum Gasteiger partial charge on any atom is 0.257 e. The number of carbonyl (C=O) groups excluding carboxylic acids is 1. The first-order valence-corrected chi connectivity index (χ1v) is 12.2. The smallest absolute Gasteiger partial charge is 0.257 e. The molecule has 0 fully saturated rings. The first-order chi connectivity index (χ1) is 15.1. The molecule has 3 rings (SSSR count). The quantitative estimate of drug-likeness (QED) is 0.531. The number of nitrogens with zero attached hydrogens (tertiary/aromatic N) is 1. The summed E-state index contributed by atoms with van der Waals surface area (Å²) in [6.07, 6.45) is 2.96. The van der Waals surface area contributed by atoms with Gasteiger partial charge in [0.15, 0.2) is 5.11 Å². The molecular formula is C25H31N3O2S2. The van der Waals surface area contributed by atoms with E-state index in [0.29, 0.717) is 29.6 Å². The molecule has 1 aromatic heterocycles. The molecule has 170 valence electrons. The second-order valence-corrected chi connectivity index (χ2v) is 11.3. The zero-order valence-electron chi connectivity index (χ0n) is 19.4. The minimum atomic E-state index is -0.300. The molecule has 5 nitrogen and oxygen atoms in total. The highest BCUT2D eigenvalue weighted by Gasteiger charge is 2.32. The molecule has 0 saturated carbocycles. The third-order valence-corrected chi connectivity index (χ3v) is 7.13. The number of hydrogen-bond acceptors (Lipinski definition) is 5. The normalized spacial score (nSPS) is 15.6. The van der Waals surface area contributed by atoms with Gasteiger partial charge in [-0.3, -0.25) is 10.1 Å². The fraction of sp³-hybridized carbons (Fsp3) is 0.480. The number of fused-ring (bicyclic) bond motifs is 1. The van der Waals surface area contributed by atoms with Gasteiger partial charge in [-0.15, -0.1) is 11.3 Å². The van der Waals surface area contributed by atoms with Gasteiger partial charge in [-0.2, -0.15) is 5.26 Å². The van der Waals surface area contributed by atoms with Crippen molar-refractivity contribution in [1.82, 2.24) is 5.32 Å². The molecular weight excluding hydrogens is 438 g/mol. The highest BCUT2D eigenvalue weighted by molar-refractivity contribution is 7.80. The Morgan fingerprint density at radius 3 is 2.59 bits per heavy atom. The average Bonchev–Trinajstić information content (AvgIpc) is 3.07. The van der Waals surface area contributed by atoms with Gasteiger partial charge in [-0.25, -0.2) is 0 Å². The van der Waals surface area contributed by atoms with Gasteiger partial charge in [0, 0.05) is 10.4 Å². The van der Waals surface area contributed by atoms with Crippen molar-refractivity contribution in [1.29, 1.82) is 5.26 Å². The van der Waals surface area contributed by atoms with Crippen molar-refractivity contribution in [3.63, 3.8) is 0 Å². The van der Waals surface area contributed by atoms with E-state index < -0.39 is 0 Å². The van der Waals surface area contributed by atoms with E-state index in [0.717, 1.165) is 35.6 Å². The Labute approximate surface area is 200 Å². The van der Waals surface area contributed by atoms with Crippen LogP contribution in [0.2, 0.25) is 0 Å². The third-order valence-electron chi connectivity index (χ3n) is 5.76. The molecule has 1 amide bonds. The molecule has 0 radical (unpaired) electrons.